The second kappa shape index (κ2) is 10.2. The van der Waals surface area contributed by atoms with Gasteiger partial charge in [0.15, 0.2) is 17.5 Å². The molecule has 0 amide bonds. The monoisotopic (exact) mass is 363 g/mol. The third-order valence-electron chi connectivity index (χ3n) is 4.50. The first-order valence-corrected chi connectivity index (χ1v) is 9.37. The highest BCUT2D eigenvalue weighted by Gasteiger charge is 2.14. The molecule has 2 N–H and O–H groups in total. The van der Waals surface area contributed by atoms with E-state index in [1.54, 1.807) is 7.05 Å². The summed E-state index contributed by atoms with van der Waals surface area (Å²) in [7, 11) is 1.79. The Morgan fingerprint density at radius 3 is 2.81 bits per heavy atom. The van der Waals surface area contributed by atoms with Crippen molar-refractivity contribution in [3.8, 4) is 11.5 Å². The number of fused-ring (bicyclic) bond motifs is 1. The van der Waals surface area contributed by atoms with Crippen molar-refractivity contribution >= 4 is 5.96 Å². The van der Waals surface area contributed by atoms with Crippen LogP contribution in [0.3, 0.4) is 0 Å². The average molecular weight is 363 g/mol. The highest BCUT2D eigenvalue weighted by atomic mass is 16.7. The largest absolute Gasteiger partial charge is 0.454 e. The predicted octanol–water partition coefficient (Wildman–Crippen LogP) is 1.71. The Kier molecular flexibility index (Phi) is 7.39. The maximum atomic E-state index is 5.87. The lowest BCUT2D eigenvalue weighted by molar-refractivity contribution is -0.0320. The number of ether oxygens (including phenoxy) is 4. The summed E-state index contributed by atoms with van der Waals surface area (Å²) in [5.41, 5.74) is 1.21. The first-order chi connectivity index (χ1) is 12.8. The molecule has 3 rings (SSSR count). The molecule has 26 heavy (non-hydrogen) atoms. The molecule has 1 aromatic rings. The fourth-order valence-corrected chi connectivity index (χ4v) is 3.01. The van der Waals surface area contributed by atoms with Gasteiger partial charge >= 0.3 is 0 Å². The lowest BCUT2D eigenvalue weighted by atomic mass is 10.1. The quantitative estimate of drug-likeness (QED) is 0.416. The Hall–Kier alpha value is -1.99. The maximum Gasteiger partial charge on any atom is 0.231 e. The second-order valence-electron chi connectivity index (χ2n) is 6.40. The molecule has 0 bridgehead atoms. The summed E-state index contributed by atoms with van der Waals surface area (Å²) in [4.78, 5) is 4.26. The Morgan fingerprint density at radius 1 is 1.15 bits per heavy atom. The molecule has 0 aromatic heterocycles. The summed E-state index contributed by atoms with van der Waals surface area (Å²) in [6.07, 6.45) is 4.24. The lowest BCUT2D eigenvalue weighted by Gasteiger charge is -2.22. The van der Waals surface area contributed by atoms with Crippen molar-refractivity contribution in [1.29, 1.82) is 0 Å². The van der Waals surface area contributed by atoms with E-state index in [1.165, 1.54) is 5.56 Å². The second-order valence-corrected chi connectivity index (χ2v) is 6.40. The van der Waals surface area contributed by atoms with E-state index >= 15 is 0 Å². The lowest BCUT2D eigenvalue weighted by Crippen LogP contribution is -2.39. The number of nitrogens with one attached hydrogen (secondary N) is 2. The zero-order valence-electron chi connectivity index (χ0n) is 15.5. The molecule has 2 aliphatic heterocycles. The first-order valence-electron chi connectivity index (χ1n) is 9.37. The molecule has 2 heterocycles. The van der Waals surface area contributed by atoms with Crippen LogP contribution in [-0.4, -0.2) is 58.8 Å². The standard InChI is InChI=1S/C19H29N3O4/c1-20-19(21-8-2-10-24-16-6-11-23-12-7-16)22-9-5-15-3-4-17-18(13-15)26-14-25-17/h3-4,13,16H,2,5-12,14H2,1H3,(H2,20,21,22). The van der Waals surface area contributed by atoms with Crippen LogP contribution in [0, 0.1) is 0 Å². The molecule has 0 atom stereocenters. The third-order valence-corrected chi connectivity index (χ3v) is 4.50. The van der Waals surface area contributed by atoms with Gasteiger partial charge in [-0.1, -0.05) is 6.07 Å². The van der Waals surface area contributed by atoms with E-state index in [-0.39, 0.29) is 0 Å². The van der Waals surface area contributed by atoms with Gasteiger partial charge in [-0.15, -0.1) is 0 Å². The molecule has 0 unspecified atom stereocenters. The molecule has 7 heteroatoms. The summed E-state index contributed by atoms with van der Waals surface area (Å²) in [5, 5.41) is 6.66. The van der Waals surface area contributed by atoms with Gasteiger partial charge in [-0.05, 0) is 43.4 Å². The Labute approximate surface area is 155 Å². The number of nitrogens with zero attached hydrogens (tertiary/aromatic N) is 1. The summed E-state index contributed by atoms with van der Waals surface area (Å²) < 4.78 is 21.9. The highest BCUT2D eigenvalue weighted by molar-refractivity contribution is 5.79. The number of hydrogen-bond donors (Lipinski definition) is 2. The van der Waals surface area contributed by atoms with E-state index in [2.05, 4.69) is 21.7 Å². The van der Waals surface area contributed by atoms with Crippen molar-refractivity contribution in [1.82, 2.24) is 10.6 Å². The minimum Gasteiger partial charge on any atom is -0.454 e. The molecular weight excluding hydrogens is 334 g/mol. The topological polar surface area (TPSA) is 73.3 Å². The van der Waals surface area contributed by atoms with E-state index in [9.17, 15) is 0 Å². The van der Waals surface area contributed by atoms with Gasteiger partial charge in [0, 0.05) is 40.0 Å². The van der Waals surface area contributed by atoms with Crippen molar-refractivity contribution in [3.05, 3.63) is 23.8 Å². The summed E-state index contributed by atoms with van der Waals surface area (Å²) >= 11 is 0. The van der Waals surface area contributed by atoms with Crippen molar-refractivity contribution < 1.29 is 18.9 Å². The van der Waals surface area contributed by atoms with Gasteiger partial charge in [-0.25, -0.2) is 0 Å². The van der Waals surface area contributed by atoms with E-state index in [1.807, 2.05) is 12.1 Å². The maximum absolute atomic E-state index is 5.87. The van der Waals surface area contributed by atoms with Crippen LogP contribution < -0.4 is 20.1 Å². The van der Waals surface area contributed by atoms with Crippen LogP contribution in [0.4, 0.5) is 0 Å². The van der Waals surface area contributed by atoms with Crippen molar-refractivity contribution in [2.45, 2.75) is 31.8 Å². The van der Waals surface area contributed by atoms with Crippen LogP contribution in [0.5, 0.6) is 11.5 Å². The number of guanidine groups is 1. The minimum atomic E-state index is 0.311. The fourth-order valence-electron chi connectivity index (χ4n) is 3.01. The highest BCUT2D eigenvalue weighted by Crippen LogP contribution is 2.32. The van der Waals surface area contributed by atoms with Crippen LogP contribution in [0.25, 0.3) is 0 Å². The zero-order valence-corrected chi connectivity index (χ0v) is 15.5. The number of rotatable bonds is 8. The molecule has 0 aliphatic carbocycles. The Bertz CT molecular complexity index is 588. The van der Waals surface area contributed by atoms with Crippen molar-refractivity contribution in [2.24, 2.45) is 4.99 Å². The summed E-state index contributed by atoms with van der Waals surface area (Å²) in [6.45, 7) is 4.37. The van der Waals surface area contributed by atoms with Crippen molar-refractivity contribution in [3.63, 3.8) is 0 Å². The molecule has 0 radical (unpaired) electrons. The predicted molar refractivity (Wildman–Crippen MR) is 100 cm³/mol. The van der Waals surface area contributed by atoms with Crippen LogP contribution in [-0.2, 0) is 15.9 Å². The summed E-state index contributed by atoms with van der Waals surface area (Å²) in [5.74, 6) is 2.47. The van der Waals surface area contributed by atoms with Gasteiger partial charge in [0.1, 0.15) is 0 Å². The van der Waals surface area contributed by atoms with E-state index in [0.29, 0.717) is 12.9 Å². The zero-order chi connectivity index (χ0) is 18.0. The molecule has 0 spiro atoms. The SMILES string of the molecule is CN=C(NCCCOC1CCOCC1)NCCc1ccc2c(c1)OCO2. The number of hydrogen-bond acceptors (Lipinski definition) is 5. The average Bonchev–Trinajstić information content (AvgIpc) is 3.15. The molecule has 1 fully saturated rings. The normalized spacial score (nSPS) is 17.3. The Morgan fingerprint density at radius 2 is 1.96 bits per heavy atom. The van der Waals surface area contributed by atoms with Crippen LogP contribution in [0.2, 0.25) is 0 Å². The molecule has 1 aromatic carbocycles. The molecule has 2 aliphatic rings. The number of benzene rings is 1. The van der Waals surface area contributed by atoms with Gasteiger partial charge in [-0.3, -0.25) is 4.99 Å². The Balaban J connectivity index is 1.27. The molecule has 0 saturated carbocycles. The third kappa shape index (κ3) is 5.78. The molecular formula is C19H29N3O4. The van der Waals surface area contributed by atoms with E-state index in [0.717, 1.165) is 76.1 Å². The summed E-state index contributed by atoms with van der Waals surface area (Å²) in [6, 6.07) is 6.07. The van der Waals surface area contributed by atoms with Gasteiger partial charge in [0.05, 0.1) is 6.10 Å². The van der Waals surface area contributed by atoms with Gasteiger partial charge in [0.25, 0.3) is 0 Å². The van der Waals surface area contributed by atoms with E-state index in [4.69, 9.17) is 18.9 Å². The van der Waals surface area contributed by atoms with Gasteiger partial charge in [-0.2, -0.15) is 0 Å². The molecule has 7 nitrogen and oxygen atoms in total. The van der Waals surface area contributed by atoms with Crippen LogP contribution in [0.15, 0.2) is 23.2 Å². The smallest absolute Gasteiger partial charge is 0.231 e. The molecule has 1 saturated heterocycles. The van der Waals surface area contributed by atoms with Crippen LogP contribution in [0.1, 0.15) is 24.8 Å². The molecule has 144 valence electrons. The van der Waals surface area contributed by atoms with Gasteiger partial charge in [0.2, 0.25) is 6.79 Å². The van der Waals surface area contributed by atoms with Gasteiger partial charge < -0.3 is 29.6 Å². The number of aliphatic imine (C=N–C) groups is 1. The van der Waals surface area contributed by atoms with E-state index < -0.39 is 0 Å². The van der Waals surface area contributed by atoms with Crippen molar-refractivity contribution in [2.75, 3.05) is 46.8 Å². The minimum absolute atomic E-state index is 0.311. The fraction of sp³-hybridized carbons (Fsp3) is 0.632. The van der Waals surface area contributed by atoms with Crippen LogP contribution >= 0.6 is 0 Å². The first kappa shape index (κ1) is 18.8.